The van der Waals surface area contributed by atoms with Crippen LogP contribution < -0.4 is 0 Å². The molecule has 0 N–H and O–H groups in total. The predicted octanol–water partition coefficient (Wildman–Crippen LogP) is 0.586. The van der Waals surface area contributed by atoms with Crippen LogP contribution in [0.1, 0.15) is 12.8 Å². The van der Waals surface area contributed by atoms with Crippen molar-refractivity contribution in [3.63, 3.8) is 0 Å². The van der Waals surface area contributed by atoms with Crippen LogP contribution in [0.2, 0.25) is 0 Å². The number of hydrogen-bond acceptors (Lipinski definition) is 0. The summed E-state index contributed by atoms with van der Waals surface area (Å²) in [7, 11) is 1.26. The fourth-order valence-electron chi connectivity index (χ4n) is 0.723. The molecule has 0 saturated heterocycles. The molecule has 0 saturated carbocycles. The molecular weight excluding hydrogens is 100 g/mol. The van der Waals surface area contributed by atoms with E-state index in [1.54, 1.807) is 5.20 Å². The fourth-order valence-corrected chi connectivity index (χ4v) is 1.20. The molecule has 0 heterocycles. The van der Waals surface area contributed by atoms with Gasteiger partial charge in [-0.15, -0.1) is 0 Å². The molecule has 0 unspecified atom stereocenters. The zero-order chi connectivity index (χ0) is 5.11. The summed E-state index contributed by atoms with van der Waals surface area (Å²) >= 11 is 0. The van der Waals surface area contributed by atoms with Crippen LogP contribution in [0.4, 0.5) is 0 Å². The highest BCUT2D eigenvalue weighted by Crippen LogP contribution is 2.06. The molecule has 1 aliphatic carbocycles. The highest BCUT2D eigenvalue weighted by molar-refractivity contribution is 6.21. The van der Waals surface area contributed by atoms with Gasteiger partial charge < -0.3 is 0 Å². The Morgan fingerprint density at radius 3 is 2.71 bits per heavy atom. The average Bonchev–Trinajstić information content (AvgIpc) is 1.69. The van der Waals surface area contributed by atoms with Gasteiger partial charge in [-0.05, 0) is 12.8 Å². The van der Waals surface area contributed by atoms with Crippen molar-refractivity contribution in [2.24, 2.45) is 0 Å². The highest BCUT2D eigenvalue weighted by atomic mass is 28.1. The van der Waals surface area contributed by atoms with Crippen LogP contribution in [-0.2, 0) is 0 Å². The van der Waals surface area contributed by atoms with Crippen LogP contribution >= 0.6 is 0 Å². The van der Waals surface area contributed by atoms with E-state index in [1.165, 1.54) is 23.1 Å². The molecule has 0 aromatic heterocycles. The predicted molar refractivity (Wildman–Crippen MR) is 36.4 cm³/mol. The Kier molecular flexibility index (Phi) is 1.47. The van der Waals surface area contributed by atoms with E-state index < -0.39 is 0 Å². The van der Waals surface area contributed by atoms with E-state index in [4.69, 9.17) is 0 Å². The molecule has 0 fully saturated rings. The van der Waals surface area contributed by atoms with E-state index in [1.807, 2.05) is 0 Å². The Morgan fingerprint density at radius 2 is 2.43 bits per heavy atom. The third-order valence-electron chi connectivity index (χ3n) is 1.22. The van der Waals surface area contributed by atoms with E-state index >= 15 is 0 Å². The van der Waals surface area contributed by atoms with Gasteiger partial charge in [0, 0.05) is 10.2 Å². The Labute approximate surface area is 47.3 Å². The minimum atomic E-state index is 1.26. The van der Waals surface area contributed by atoms with Gasteiger partial charge in [-0.3, -0.25) is 0 Å². The van der Waals surface area contributed by atoms with Gasteiger partial charge in [0.2, 0.25) is 0 Å². The van der Waals surface area contributed by atoms with Crippen molar-refractivity contribution in [1.82, 2.24) is 0 Å². The normalized spacial score (nSPS) is 19.7. The largest absolute Gasteiger partial charge is 0.0915 e. The van der Waals surface area contributed by atoms with Crippen LogP contribution in [0.5, 0.6) is 0 Å². The Balaban J connectivity index is 2.57. The zero-order valence-corrected chi connectivity index (χ0v) is 6.65. The molecule has 0 spiro atoms. The third-order valence-corrected chi connectivity index (χ3v) is 2.06. The van der Waals surface area contributed by atoms with Crippen molar-refractivity contribution in [2.75, 3.05) is 0 Å². The molecule has 1 rings (SSSR count). The molecule has 0 nitrogen and oxygen atoms in total. The molecule has 1 heteroatoms. The number of hydrogen-bond donors (Lipinski definition) is 0. The van der Waals surface area contributed by atoms with Crippen molar-refractivity contribution < 1.29 is 0 Å². The van der Waals surface area contributed by atoms with Crippen molar-refractivity contribution in [2.45, 2.75) is 12.8 Å². The molecule has 0 radical (unpaired) electrons. The lowest BCUT2D eigenvalue weighted by Gasteiger charge is -1.98. The van der Waals surface area contributed by atoms with Crippen LogP contribution in [0.25, 0.3) is 0 Å². The first-order valence-electron chi connectivity index (χ1n) is 2.72. The summed E-state index contributed by atoms with van der Waals surface area (Å²) in [5.74, 6) is 0. The van der Waals surface area contributed by atoms with Crippen LogP contribution in [-0.4, -0.2) is 10.2 Å². The second kappa shape index (κ2) is 2.12. The van der Waals surface area contributed by atoms with Crippen molar-refractivity contribution in [3.8, 4) is 0 Å². The third kappa shape index (κ3) is 1.31. The minimum Gasteiger partial charge on any atom is -0.0915 e. The smallest absolute Gasteiger partial charge is 0.0333 e. The van der Waals surface area contributed by atoms with E-state index in [9.17, 15) is 0 Å². The Bertz CT molecular complexity index is 111. The molecule has 0 atom stereocenters. The van der Waals surface area contributed by atoms with Gasteiger partial charge >= 0.3 is 0 Å². The van der Waals surface area contributed by atoms with Gasteiger partial charge in [0.1, 0.15) is 0 Å². The van der Waals surface area contributed by atoms with Crippen molar-refractivity contribution in [1.29, 1.82) is 0 Å². The molecule has 1 aliphatic rings. The summed E-state index contributed by atoms with van der Waals surface area (Å²) in [6.45, 7) is 0. The standard InChI is InChI=1S/C6H10Si/c7-6-4-2-1-3-5-6/h1-2,4H,3,5H2,7H3. The minimum absolute atomic E-state index is 1.26. The van der Waals surface area contributed by atoms with Gasteiger partial charge in [0.05, 0.1) is 0 Å². The number of allylic oxidation sites excluding steroid dienone is 4. The maximum absolute atomic E-state index is 2.23. The molecule has 38 valence electrons. The van der Waals surface area contributed by atoms with Gasteiger partial charge in [-0.2, -0.15) is 0 Å². The lowest BCUT2D eigenvalue weighted by molar-refractivity contribution is 1.02. The Morgan fingerprint density at radius 1 is 1.57 bits per heavy atom. The van der Waals surface area contributed by atoms with Crippen LogP contribution in [0.15, 0.2) is 23.4 Å². The molecule has 0 bridgehead atoms. The summed E-state index contributed by atoms with van der Waals surface area (Å²) in [5.41, 5.74) is 0. The Hall–Kier alpha value is -0.303. The van der Waals surface area contributed by atoms with Crippen molar-refractivity contribution in [3.05, 3.63) is 23.4 Å². The van der Waals surface area contributed by atoms with Gasteiger partial charge in [0.15, 0.2) is 0 Å². The first-order valence-corrected chi connectivity index (χ1v) is 3.72. The van der Waals surface area contributed by atoms with Crippen LogP contribution in [0.3, 0.4) is 0 Å². The topological polar surface area (TPSA) is 0 Å². The highest BCUT2D eigenvalue weighted by Gasteiger charge is 1.88. The molecule has 0 aromatic carbocycles. The van der Waals surface area contributed by atoms with Crippen molar-refractivity contribution >= 4 is 10.2 Å². The maximum Gasteiger partial charge on any atom is 0.0333 e. The van der Waals surface area contributed by atoms with E-state index in [-0.39, 0.29) is 0 Å². The SMILES string of the molecule is [SiH3]C1=CC=CCC1. The summed E-state index contributed by atoms with van der Waals surface area (Å²) in [6, 6.07) is 0. The molecule has 0 aliphatic heterocycles. The van der Waals surface area contributed by atoms with Gasteiger partial charge in [-0.25, -0.2) is 0 Å². The first-order chi connectivity index (χ1) is 3.39. The summed E-state index contributed by atoms with van der Waals surface area (Å²) in [4.78, 5) is 0. The summed E-state index contributed by atoms with van der Waals surface area (Å²) in [5, 5.41) is 1.64. The average molecular weight is 110 g/mol. The molecule has 7 heavy (non-hydrogen) atoms. The van der Waals surface area contributed by atoms with Gasteiger partial charge in [-0.1, -0.05) is 23.4 Å². The van der Waals surface area contributed by atoms with E-state index in [0.717, 1.165) is 0 Å². The molecule has 0 amide bonds. The molecule has 0 aromatic rings. The second-order valence-corrected chi connectivity index (χ2v) is 3.26. The lowest BCUT2D eigenvalue weighted by atomic mass is 10.2. The maximum atomic E-state index is 2.23. The molecular formula is C6H10Si. The fraction of sp³-hybridized carbons (Fsp3) is 0.333. The first kappa shape index (κ1) is 4.85. The van der Waals surface area contributed by atoms with E-state index in [0.29, 0.717) is 0 Å². The number of rotatable bonds is 0. The lowest BCUT2D eigenvalue weighted by Crippen LogP contribution is -1.83. The second-order valence-electron chi connectivity index (χ2n) is 1.98. The van der Waals surface area contributed by atoms with Gasteiger partial charge in [0.25, 0.3) is 0 Å². The zero-order valence-electron chi connectivity index (χ0n) is 4.65. The summed E-state index contributed by atoms with van der Waals surface area (Å²) < 4.78 is 0. The summed E-state index contributed by atoms with van der Waals surface area (Å²) in [6.07, 6.45) is 9.21. The van der Waals surface area contributed by atoms with Crippen LogP contribution in [0, 0.1) is 0 Å². The van der Waals surface area contributed by atoms with E-state index in [2.05, 4.69) is 18.2 Å². The quantitative estimate of drug-likeness (QED) is 0.400. The monoisotopic (exact) mass is 110 g/mol.